The summed E-state index contributed by atoms with van der Waals surface area (Å²) in [6.45, 7) is 3.98. The van der Waals surface area contributed by atoms with Crippen molar-refractivity contribution in [1.29, 1.82) is 0 Å². The first-order valence-electron chi connectivity index (χ1n) is 13.3. The van der Waals surface area contributed by atoms with Gasteiger partial charge in [-0.1, -0.05) is 24.3 Å². The van der Waals surface area contributed by atoms with Gasteiger partial charge in [-0.05, 0) is 79.9 Å². The van der Waals surface area contributed by atoms with Gasteiger partial charge < -0.3 is 18.9 Å². The number of hydrogen-bond acceptors (Lipinski definition) is 10. The molecule has 5 rings (SSSR count). The Morgan fingerprint density at radius 1 is 0.786 bits per heavy atom. The number of methoxy groups -OCH3 is 3. The fourth-order valence-corrected chi connectivity index (χ4v) is 5.14. The molecule has 0 saturated carbocycles. The second kappa shape index (κ2) is 13.4. The standard InChI is InChI=1S/C31H32N6O4S/c1-20-18-32-29(33-19-20)28(40-5)21(2)42-36-31-35-34-30(37(31)27-25(38-3)12-9-13-26(27)39-4)22-14-16-24(17-15-22)41-23-10-7-6-8-11-23/h6-19,21,28H,1-5H3,(H,35,36). The Morgan fingerprint density at radius 2 is 1.43 bits per heavy atom. The van der Waals surface area contributed by atoms with Crippen LogP contribution in [0.5, 0.6) is 23.0 Å². The van der Waals surface area contributed by atoms with Gasteiger partial charge in [-0.3, -0.25) is 9.29 Å². The molecule has 0 amide bonds. The Bertz CT molecular complexity index is 1570. The lowest BCUT2D eigenvalue weighted by Crippen LogP contribution is -2.19. The Balaban J connectivity index is 1.49. The lowest BCUT2D eigenvalue weighted by Gasteiger charge is -2.22. The van der Waals surface area contributed by atoms with Crippen molar-refractivity contribution in [3.8, 4) is 40.1 Å². The number of aryl methyl sites for hydroxylation is 1. The molecule has 11 heteroatoms. The highest BCUT2D eigenvalue weighted by Gasteiger charge is 2.26. The average Bonchev–Trinajstić information content (AvgIpc) is 3.45. The number of nitrogens with zero attached hydrogens (tertiary/aromatic N) is 5. The van der Waals surface area contributed by atoms with Crippen LogP contribution >= 0.6 is 11.9 Å². The predicted octanol–water partition coefficient (Wildman–Crippen LogP) is 6.68. The predicted molar refractivity (Wildman–Crippen MR) is 164 cm³/mol. The van der Waals surface area contributed by atoms with Crippen LogP contribution in [0.2, 0.25) is 0 Å². The van der Waals surface area contributed by atoms with Crippen molar-refractivity contribution in [2.45, 2.75) is 25.2 Å². The normalized spacial score (nSPS) is 12.4. The van der Waals surface area contributed by atoms with Gasteiger partial charge >= 0.3 is 0 Å². The number of aromatic nitrogens is 5. The van der Waals surface area contributed by atoms with E-state index in [9.17, 15) is 0 Å². The summed E-state index contributed by atoms with van der Waals surface area (Å²) in [5.41, 5.74) is 2.47. The number of hydrogen-bond donors (Lipinski definition) is 1. The summed E-state index contributed by atoms with van der Waals surface area (Å²) >= 11 is 1.43. The van der Waals surface area contributed by atoms with Crippen molar-refractivity contribution >= 4 is 17.9 Å². The summed E-state index contributed by atoms with van der Waals surface area (Å²) in [7, 11) is 4.88. The summed E-state index contributed by atoms with van der Waals surface area (Å²) in [6.07, 6.45) is 3.22. The summed E-state index contributed by atoms with van der Waals surface area (Å²) in [5, 5.41) is 9.00. The lowest BCUT2D eigenvalue weighted by molar-refractivity contribution is 0.0972. The van der Waals surface area contributed by atoms with E-state index in [-0.39, 0.29) is 11.4 Å². The lowest BCUT2D eigenvalue weighted by atomic mass is 10.2. The van der Waals surface area contributed by atoms with E-state index in [4.69, 9.17) is 18.9 Å². The minimum atomic E-state index is -0.350. The zero-order chi connectivity index (χ0) is 29.5. The Hall–Kier alpha value is -4.61. The third-order valence-corrected chi connectivity index (χ3v) is 7.37. The molecule has 42 heavy (non-hydrogen) atoms. The van der Waals surface area contributed by atoms with E-state index in [1.165, 1.54) is 11.9 Å². The van der Waals surface area contributed by atoms with Gasteiger partial charge in [0.2, 0.25) is 5.95 Å². The molecule has 2 aromatic heterocycles. The maximum atomic E-state index is 5.98. The molecule has 2 atom stereocenters. The molecule has 0 saturated heterocycles. The Kier molecular flexibility index (Phi) is 9.20. The first-order chi connectivity index (χ1) is 20.5. The first kappa shape index (κ1) is 28.9. The molecule has 0 spiro atoms. The quantitative estimate of drug-likeness (QED) is 0.160. The maximum Gasteiger partial charge on any atom is 0.239 e. The molecule has 2 heterocycles. The minimum Gasteiger partial charge on any atom is -0.494 e. The van der Waals surface area contributed by atoms with Crippen molar-refractivity contribution in [3.63, 3.8) is 0 Å². The third kappa shape index (κ3) is 6.32. The van der Waals surface area contributed by atoms with E-state index in [2.05, 4.69) is 24.9 Å². The molecular formula is C31H32N6O4S. The second-order valence-electron chi connectivity index (χ2n) is 9.33. The van der Waals surface area contributed by atoms with Crippen molar-refractivity contribution < 1.29 is 18.9 Å². The van der Waals surface area contributed by atoms with E-state index in [1.54, 1.807) is 33.7 Å². The van der Waals surface area contributed by atoms with Gasteiger partial charge in [-0.15, -0.1) is 10.2 Å². The van der Waals surface area contributed by atoms with Gasteiger partial charge in [0.25, 0.3) is 0 Å². The third-order valence-electron chi connectivity index (χ3n) is 6.45. The minimum absolute atomic E-state index is 0.0831. The van der Waals surface area contributed by atoms with Gasteiger partial charge in [-0.25, -0.2) is 9.97 Å². The zero-order valence-corrected chi connectivity index (χ0v) is 24.8. The molecule has 1 N–H and O–H groups in total. The monoisotopic (exact) mass is 584 g/mol. The molecule has 2 unspecified atom stereocenters. The second-order valence-corrected chi connectivity index (χ2v) is 10.5. The summed E-state index contributed by atoms with van der Waals surface area (Å²) in [4.78, 5) is 8.92. The summed E-state index contributed by atoms with van der Waals surface area (Å²) < 4.78 is 28.5. The summed E-state index contributed by atoms with van der Waals surface area (Å²) in [6, 6.07) is 22.9. The number of ether oxygens (including phenoxy) is 4. The van der Waals surface area contributed by atoms with Crippen molar-refractivity contribution in [3.05, 3.63) is 96.6 Å². The van der Waals surface area contributed by atoms with E-state index >= 15 is 0 Å². The van der Waals surface area contributed by atoms with Crippen LogP contribution in [-0.2, 0) is 4.74 Å². The molecule has 10 nitrogen and oxygen atoms in total. The SMILES string of the molecule is COc1cccc(OC)c1-n1c(NSC(C)C(OC)c2ncc(C)cn2)nnc1-c1ccc(Oc2ccccc2)cc1. The fraction of sp³-hybridized carbons (Fsp3) is 0.226. The van der Waals surface area contributed by atoms with Crippen LogP contribution < -0.4 is 18.9 Å². The molecule has 0 fully saturated rings. The number of benzene rings is 3. The fourth-order valence-electron chi connectivity index (χ4n) is 4.36. The highest BCUT2D eigenvalue weighted by molar-refractivity contribution is 8.01. The van der Waals surface area contributed by atoms with Gasteiger partial charge in [0.1, 0.15) is 34.8 Å². The number of nitrogens with one attached hydrogen (secondary N) is 1. The van der Waals surface area contributed by atoms with Crippen LogP contribution in [0.4, 0.5) is 5.95 Å². The molecule has 0 radical (unpaired) electrons. The molecule has 5 aromatic rings. The van der Waals surface area contributed by atoms with Gasteiger partial charge in [0.15, 0.2) is 11.6 Å². The van der Waals surface area contributed by atoms with Crippen LogP contribution in [0.25, 0.3) is 17.1 Å². The van der Waals surface area contributed by atoms with Crippen molar-refractivity contribution in [1.82, 2.24) is 24.7 Å². The van der Waals surface area contributed by atoms with Gasteiger partial charge in [0, 0.05) is 25.1 Å². The molecular weight excluding hydrogens is 552 g/mol. The smallest absolute Gasteiger partial charge is 0.239 e. The molecule has 0 aliphatic carbocycles. The van der Waals surface area contributed by atoms with Crippen LogP contribution in [0.3, 0.4) is 0 Å². The van der Waals surface area contributed by atoms with E-state index in [0.717, 1.165) is 16.9 Å². The van der Waals surface area contributed by atoms with Gasteiger partial charge in [0.05, 0.1) is 19.5 Å². The van der Waals surface area contributed by atoms with E-state index in [0.29, 0.717) is 40.5 Å². The molecule has 216 valence electrons. The zero-order valence-electron chi connectivity index (χ0n) is 24.0. The highest BCUT2D eigenvalue weighted by atomic mass is 32.2. The average molecular weight is 585 g/mol. The van der Waals surface area contributed by atoms with Crippen molar-refractivity contribution in [2.75, 3.05) is 26.1 Å². The topological polar surface area (TPSA) is 105 Å². The van der Waals surface area contributed by atoms with Crippen LogP contribution in [-0.4, -0.2) is 51.3 Å². The highest BCUT2D eigenvalue weighted by Crippen LogP contribution is 2.39. The number of para-hydroxylation sites is 2. The first-order valence-corrected chi connectivity index (χ1v) is 14.1. The Labute approximate surface area is 249 Å². The number of anilines is 1. The molecule has 3 aromatic carbocycles. The number of rotatable bonds is 12. The molecule has 0 aliphatic heterocycles. The van der Waals surface area contributed by atoms with Gasteiger partial charge in [-0.2, -0.15) is 0 Å². The van der Waals surface area contributed by atoms with Crippen molar-refractivity contribution in [2.24, 2.45) is 0 Å². The van der Waals surface area contributed by atoms with E-state index in [1.807, 2.05) is 91.2 Å². The molecule has 0 aliphatic rings. The largest absolute Gasteiger partial charge is 0.494 e. The maximum absolute atomic E-state index is 5.98. The van der Waals surface area contributed by atoms with Crippen LogP contribution in [0.1, 0.15) is 24.4 Å². The van der Waals surface area contributed by atoms with Crippen LogP contribution in [0.15, 0.2) is 85.2 Å². The molecule has 0 bridgehead atoms. The van der Waals surface area contributed by atoms with E-state index < -0.39 is 0 Å². The Morgan fingerprint density at radius 3 is 2.05 bits per heavy atom. The summed E-state index contributed by atoms with van der Waals surface area (Å²) in [5.74, 6) is 4.34. The van der Waals surface area contributed by atoms with Crippen LogP contribution in [0, 0.1) is 6.92 Å².